The maximum absolute atomic E-state index is 9.50. The second-order valence-corrected chi connectivity index (χ2v) is 7.29. The highest BCUT2D eigenvalue weighted by Crippen LogP contribution is 2.23. The lowest BCUT2D eigenvalue weighted by atomic mass is 9.79. The number of rotatable bonds is 8. The van der Waals surface area contributed by atoms with E-state index in [1.54, 1.807) is 6.07 Å². The monoisotopic (exact) mass is 391 g/mol. The van der Waals surface area contributed by atoms with Gasteiger partial charge in [-0.2, -0.15) is 0 Å². The molecule has 0 atom stereocenters. The number of hydrogen-bond acceptors (Lipinski definition) is 5. The van der Waals surface area contributed by atoms with Crippen molar-refractivity contribution < 1.29 is 19.5 Å². The molecule has 0 saturated carbocycles. The van der Waals surface area contributed by atoms with Gasteiger partial charge in [-0.15, -0.1) is 0 Å². The Labute approximate surface area is 172 Å². The molecule has 29 heavy (non-hydrogen) atoms. The molecule has 0 aliphatic carbocycles. The van der Waals surface area contributed by atoms with Crippen molar-refractivity contribution in [2.75, 3.05) is 6.61 Å². The Balaban J connectivity index is 1.66. The third-order valence-corrected chi connectivity index (χ3v) is 4.45. The smallest absolute Gasteiger partial charge is 0.492 e. The zero-order valence-electron chi connectivity index (χ0n) is 17.0. The van der Waals surface area contributed by atoms with Crippen molar-refractivity contribution in [2.45, 2.75) is 33.3 Å². The van der Waals surface area contributed by atoms with Crippen LogP contribution in [0.3, 0.4) is 0 Å². The number of aryl methyl sites for hydroxylation is 1. The number of pyridine rings is 1. The van der Waals surface area contributed by atoms with Crippen molar-refractivity contribution in [2.24, 2.45) is 0 Å². The molecular formula is C23H26BNO4. The first kappa shape index (κ1) is 20.9. The molecule has 2 aromatic carbocycles. The van der Waals surface area contributed by atoms with Crippen molar-refractivity contribution in [3.8, 4) is 22.6 Å². The molecule has 5 nitrogen and oxygen atoms in total. The summed E-state index contributed by atoms with van der Waals surface area (Å²) in [5, 5.41) is 19.0. The largest absolute Gasteiger partial charge is 0.494 e. The number of ether oxygens (including phenoxy) is 2. The Bertz CT molecular complexity index is 942. The van der Waals surface area contributed by atoms with Crippen LogP contribution >= 0.6 is 0 Å². The molecule has 0 saturated heterocycles. The van der Waals surface area contributed by atoms with Crippen LogP contribution in [-0.4, -0.2) is 34.9 Å². The Hall–Kier alpha value is -2.83. The average molecular weight is 391 g/mol. The van der Waals surface area contributed by atoms with Crippen LogP contribution in [0.2, 0.25) is 0 Å². The third-order valence-electron chi connectivity index (χ3n) is 4.45. The predicted octanol–water partition coefficient (Wildman–Crippen LogP) is 3.15. The number of hydrogen-bond donors (Lipinski definition) is 2. The molecule has 0 aliphatic heterocycles. The lowest BCUT2D eigenvalue weighted by Gasteiger charge is -2.12. The van der Waals surface area contributed by atoms with Crippen LogP contribution in [0.5, 0.6) is 11.5 Å². The van der Waals surface area contributed by atoms with Crippen molar-refractivity contribution >= 4 is 12.6 Å². The molecular weight excluding hydrogens is 365 g/mol. The highest BCUT2D eigenvalue weighted by atomic mass is 16.5. The van der Waals surface area contributed by atoms with Crippen LogP contribution in [0, 0.1) is 6.92 Å². The molecule has 0 spiro atoms. The fourth-order valence-corrected chi connectivity index (χ4v) is 3.04. The van der Waals surface area contributed by atoms with Gasteiger partial charge in [-0.3, -0.25) is 4.98 Å². The minimum atomic E-state index is -1.56. The van der Waals surface area contributed by atoms with E-state index in [9.17, 15) is 10.0 Å². The summed E-state index contributed by atoms with van der Waals surface area (Å²) >= 11 is 0. The number of aromatic nitrogens is 1. The molecule has 0 bridgehead atoms. The normalized spacial score (nSPS) is 10.8. The topological polar surface area (TPSA) is 71.8 Å². The Morgan fingerprint density at radius 3 is 2.41 bits per heavy atom. The van der Waals surface area contributed by atoms with Gasteiger partial charge in [0, 0.05) is 29.8 Å². The van der Waals surface area contributed by atoms with Crippen molar-refractivity contribution in [3.05, 3.63) is 72.1 Å². The van der Waals surface area contributed by atoms with Crippen LogP contribution < -0.4 is 14.9 Å². The first-order chi connectivity index (χ1) is 13.9. The van der Waals surface area contributed by atoms with Crippen molar-refractivity contribution in [3.63, 3.8) is 0 Å². The highest BCUT2D eigenvalue weighted by Gasteiger charge is 2.17. The third kappa shape index (κ3) is 5.83. The van der Waals surface area contributed by atoms with Crippen LogP contribution in [0.25, 0.3) is 11.1 Å². The number of benzene rings is 2. The summed E-state index contributed by atoms with van der Waals surface area (Å²) in [5.74, 6) is 1.34. The summed E-state index contributed by atoms with van der Waals surface area (Å²) in [6, 6.07) is 15.4. The number of nitrogens with zero attached hydrogens (tertiary/aromatic N) is 1. The van der Waals surface area contributed by atoms with Gasteiger partial charge in [0.05, 0.1) is 12.7 Å². The molecule has 3 rings (SSSR count). The standard InChI is InChI=1S/C23H26BNO4/c1-16(2)29-21-7-5-19(6-8-21)20-13-18(14-25-15-20)10-11-28-23-12-17(3)4-9-22(23)24(26)27/h4-9,12-16,26-27H,10-11H2,1-3H3. The van der Waals surface area contributed by atoms with E-state index >= 15 is 0 Å². The minimum Gasteiger partial charge on any atom is -0.494 e. The van der Waals surface area contributed by atoms with Gasteiger partial charge in [0.25, 0.3) is 0 Å². The van der Waals surface area contributed by atoms with Crippen LogP contribution in [0.4, 0.5) is 0 Å². The summed E-state index contributed by atoms with van der Waals surface area (Å²) in [6.45, 7) is 6.36. The lowest BCUT2D eigenvalue weighted by Crippen LogP contribution is -2.31. The summed E-state index contributed by atoms with van der Waals surface area (Å²) in [5.41, 5.74) is 4.51. The van der Waals surface area contributed by atoms with E-state index in [-0.39, 0.29) is 6.10 Å². The van der Waals surface area contributed by atoms with Crippen LogP contribution in [-0.2, 0) is 6.42 Å². The summed E-state index contributed by atoms with van der Waals surface area (Å²) in [7, 11) is -1.56. The van der Waals surface area contributed by atoms with E-state index in [1.165, 1.54) is 0 Å². The Kier molecular flexibility index (Phi) is 6.91. The summed E-state index contributed by atoms with van der Waals surface area (Å²) < 4.78 is 11.5. The summed E-state index contributed by atoms with van der Waals surface area (Å²) in [6.07, 6.45) is 4.46. The van der Waals surface area contributed by atoms with Gasteiger partial charge in [-0.05, 0) is 61.7 Å². The molecule has 1 aromatic heterocycles. The minimum absolute atomic E-state index is 0.145. The molecule has 0 aliphatic rings. The van der Waals surface area contributed by atoms with Crippen molar-refractivity contribution in [1.82, 2.24) is 4.98 Å². The van der Waals surface area contributed by atoms with E-state index in [0.717, 1.165) is 28.0 Å². The fraction of sp³-hybridized carbons (Fsp3) is 0.261. The SMILES string of the molecule is Cc1ccc(B(O)O)c(OCCc2cncc(-c3ccc(OC(C)C)cc3)c2)c1. The predicted molar refractivity (Wildman–Crippen MR) is 116 cm³/mol. The fourth-order valence-electron chi connectivity index (χ4n) is 3.04. The maximum atomic E-state index is 9.50. The van der Waals surface area contributed by atoms with Gasteiger partial charge in [-0.1, -0.05) is 24.3 Å². The van der Waals surface area contributed by atoms with Gasteiger partial charge >= 0.3 is 7.12 Å². The van der Waals surface area contributed by atoms with Gasteiger partial charge in [-0.25, -0.2) is 0 Å². The zero-order chi connectivity index (χ0) is 20.8. The first-order valence-electron chi connectivity index (χ1n) is 9.73. The van der Waals surface area contributed by atoms with Gasteiger partial charge in [0.1, 0.15) is 11.5 Å². The second-order valence-electron chi connectivity index (χ2n) is 7.29. The van der Waals surface area contributed by atoms with Gasteiger partial charge in [0.15, 0.2) is 0 Å². The van der Waals surface area contributed by atoms with E-state index in [0.29, 0.717) is 24.2 Å². The second kappa shape index (κ2) is 9.59. The van der Waals surface area contributed by atoms with Gasteiger partial charge in [0.2, 0.25) is 0 Å². The van der Waals surface area contributed by atoms with Crippen LogP contribution in [0.1, 0.15) is 25.0 Å². The molecule has 0 radical (unpaired) electrons. The average Bonchev–Trinajstić information content (AvgIpc) is 2.68. The first-order valence-corrected chi connectivity index (χ1v) is 9.73. The summed E-state index contributed by atoms with van der Waals surface area (Å²) in [4.78, 5) is 4.35. The van der Waals surface area contributed by atoms with Crippen molar-refractivity contribution in [1.29, 1.82) is 0 Å². The van der Waals surface area contributed by atoms with E-state index in [2.05, 4.69) is 11.1 Å². The van der Waals surface area contributed by atoms with Crippen LogP contribution in [0.15, 0.2) is 60.9 Å². The molecule has 2 N–H and O–H groups in total. The molecule has 3 aromatic rings. The lowest BCUT2D eigenvalue weighted by molar-refractivity contribution is 0.242. The van der Waals surface area contributed by atoms with E-state index in [4.69, 9.17) is 9.47 Å². The Morgan fingerprint density at radius 1 is 0.966 bits per heavy atom. The van der Waals surface area contributed by atoms with Gasteiger partial charge < -0.3 is 19.5 Å². The van der Waals surface area contributed by atoms with E-state index < -0.39 is 7.12 Å². The maximum Gasteiger partial charge on any atom is 0.492 e. The highest BCUT2D eigenvalue weighted by molar-refractivity contribution is 6.59. The molecule has 150 valence electrons. The molecule has 1 heterocycles. The quantitative estimate of drug-likeness (QED) is 0.578. The molecule has 6 heteroatoms. The Morgan fingerprint density at radius 2 is 1.72 bits per heavy atom. The molecule has 0 unspecified atom stereocenters. The molecule has 0 fully saturated rings. The molecule has 0 amide bonds. The zero-order valence-corrected chi connectivity index (χ0v) is 17.0. The van der Waals surface area contributed by atoms with E-state index in [1.807, 2.05) is 69.6 Å².